The first kappa shape index (κ1) is 15.9. The zero-order valence-electron chi connectivity index (χ0n) is 13.2. The lowest BCUT2D eigenvalue weighted by molar-refractivity contribution is -0.141. The molecule has 2 unspecified atom stereocenters. The van der Waals surface area contributed by atoms with E-state index in [1.165, 1.54) is 6.92 Å². The molecule has 2 atom stereocenters. The number of pyridine rings is 1. The van der Waals surface area contributed by atoms with Crippen molar-refractivity contribution in [2.75, 3.05) is 0 Å². The standard InChI is InChI=1S/C17H17N3O4/c1-8-14-11(10-5-3-4-6-12(10)19-14)7-13(18-8)16(22)20-15(9(2)21)17(23)24/h3-7,9,15,19,21H,1-2H3,(H,20,22)(H,23,24). The number of carboxylic acids is 1. The molecule has 0 aliphatic heterocycles. The molecule has 0 radical (unpaired) electrons. The third kappa shape index (κ3) is 2.69. The number of aryl methyl sites for hydroxylation is 1. The van der Waals surface area contributed by atoms with Crippen molar-refractivity contribution in [2.24, 2.45) is 0 Å². The van der Waals surface area contributed by atoms with Crippen LogP contribution in [0.25, 0.3) is 21.8 Å². The number of aromatic amines is 1. The molecule has 2 heterocycles. The van der Waals surface area contributed by atoms with Crippen LogP contribution >= 0.6 is 0 Å². The number of aliphatic hydroxyl groups is 1. The molecule has 0 bridgehead atoms. The molecule has 0 aliphatic carbocycles. The number of aromatic nitrogens is 2. The number of nitrogens with zero attached hydrogens (tertiary/aromatic N) is 1. The topological polar surface area (TPSA) is 115 Å². The number of carbonyl (C=O) groups is 2. The average molecular weight is 327 g/mol. The SMILES string of the molecule is Cc1nc(C(=O)NC(C(=O)O)C(C)O)cc2c1[nH]c1ccccc12. The summed E-state index contributed by atoms with van der Waals surface area (Å²) < 4.78 is 0. The maximum absolute atomic E-state index is 12.4. The molecule has 0 spiro atoms. The predicted octanol–water partition coefficient (Wildman–Crippen LogP) is 1.59. The maximum Gasteiger partial charge on any atom is 0.328 e. The number of aliphatic hydroxyl groups excluding tert-OH is 1. The summed E-state index contributed by atoms with van der Waals surface area (Å²) in [5.74, 6) is -1.94. The van der Waals surface area contributed by atoms with Gasteiger partial charge >= 0.3 is 5.97 Å². The second-order valence-corrected chi connectivity index (χ2v) is 5.72. The zero-order chi connectivity index (χ0) is 17.4. The monoisotopic (exact) mass is 327 g/mol. The van der Waals surface area contributed by atoms with Crippen molar-refractivity contribution in [3.05, 3.63) is 41.7 Å². The van der Waals surface area contributed by atoms with E-state index in [-0.39, 0.29) is 5.69 Å². The van der Waals surface area contributed by atoms with E-state index >= 15 is 0 Å². The van der Waals surface area contributed by atoms with Crippen LogP contribution in [0, 0.1) is 6.92 Å². The minimum absolute atomic E-state index is 0.108. The van der Waals surface area contributed by atoms with Crippen LogP contribution in [0.1, 0.15) is 23.1 Å². The smallest absolute Gasteiger partial charge is 0.328 e. The number of fused-ring (bicyclic) bond motifs is 3. The molecule has 0 saturated carbocycles. The Balaban J connectivity index is 2.05. The van der Waals surface area contributed by atoms with Crippen LogP contribution in [0.4, 0.5) is 0 Å². The highest BCUT2D eigenvalue weighted by Gasteiger charge is 2.26. The zero-order valence-corrected chi connectivity index (χ0v) is 13.2. The van der Waals surface area contributed by atoms with Gasteiger partial charge in [0.25, 0.3) is 5.91 Å². The molecule has 0 saturated heterocycles. The van der Waals surface area contributed by atoms with Crippen LogP contribution < -0.4 is 5.32 Å². The number of benzene rings is 1. The Hall–Kier alpha value is -2.93. The van der Waals surface area contributed by atoms with Crippen LogP contribution in [0.15, 0.2) is 30.3 Å². The van der Waals surface area contributed by atoms with E-state index in [9.17, 15) is 14.7 Å². The van der Waals surface area contributed by atoms with Gasteiger partial charge in [0.05, 0.1) is 17.3 Å². The first-order valence-corrected chi connectivity index (χ1v) is 7.48. The molecule has 0 fully saturated rings. The Bertz CT molecular complexity index is 946. The predicted molar refractivity (Wildman–Crippen MR) is 88.9 cm³/mol. The Morgan fingerprint density at radius 1 is 1.25 bits per heavy atom. The molecule has 24 heavy (non-hydrogen) atoms. The van der Waals surface area contributed by atoms with Crippen molar-refractivity contribution in [1.29, 1.82) is 0 Å². The number of nitrogens with one attached hydrogen (secondary N) is 2. The van der Waals surface area contributed by atoms with E-state index in [1.807, 2.05) is 24.3 Å². The van der Waals surface area contributed by atoms with Crippen molar-refractivity contribution in [2.45, 2.75) is 26.0 Å². The first-order chi connectivity index (χ1) is 11.4. The summed E-state index contributed by atoms with van der Waals surface area (Å²) in [5, 5.41) is 22.7. The second-order valence-electron chi connectivity index (χ2n) is 5.72. The summed E-state index contributed by atoms with van der Waals surface area (Å²) in [4.78, 5) is 31.0. The van der Waals surface area contributed by atoms with Gasteiger partial charge in [-0.05, 0) is 26.0 Å². The summed E-state index contributed by atoms with van der Waals surface area (Å²) in [7, 11) is 0. The highest BCUT2D eigenvalue weighted by molar-refractivity contribution is 6.10. The summed E-state index contributed by atoms with van der Waals surface area (Å²) >= 11 is 0. The third-order valence-corrected chi connectivity index (χ3v) is 3.94. The van der Waals surface area contributed by atoms with Gasteiger partial charge in [0.1, 0.15) is 5.69 Å². The van der Waals surface area contributed by atoms with Crippen molar-refractivity contribution in [3.8, 4) is 0 Å². The Kier molecular flexibility index (Phi) is 3.94. The average Bonchev–Trinajstić information content (AvgIpc) is 2.91. The number of aliphatic carboxylic acids is 1. The number of H-pyrrole nitrogens is 1. The van der Waals surface area contributed by atoms with Gasteiger partial charge in [-0.2, -0.15) is 0 Å². The molecule has 2 aromatic heterocycles. The highest BCUT2D eigenvalue weighted by atomic mass is 16.4. The Morgan fingerprint density at radius 3 is 2.62 bits per heavy atom. The van der Waals surface area contributed by atoms with E-state index in [0.29, 0.717) is 5.69 Å². The molecule has 1 aromatic carbocycles. The molecular formula is C17H17N3O4. The number of carboxylic acid groups (broad SMARTS) is 1. The maximum atomic E-state index is 12.4. The van der Waals surface area contributed by atoms with Crippen LogP contribution in [0.3, 0.4) is 0 Å². The van der Waals surface area contributed by atoms with Crippen molar-refractivity contribution < 1.29 is 19.8 Å². The van der Waals surface area contributed by atoms with E-state index in [1.54, 1.807) is 13.0 Å². The third-order valence-electron chi connectivity index (χ3n) is 3.94. The molecule has 4 N–H and O–H groups in total. The number of hydrogen-bond acceptors (Lipinski definition) is 4. The summed E-state index contributed by atoms with van der Waals surface area (Å²) in [6.45, 7) is 3.08. The molecule has 7 heteroatoms. The summed E-state index contributed by atoms with van der Waals surface area (Å²) in [6.07, 6.45) is -1.22. The van der Waals surface area contributed by atoms with Gasteiger partial charge in [0.2, 0.25) is 0 Å². The number of para-hydroxylation sites is 1. The van der Waals surface area contributed by atoms with E-state index in [2.05, 4.69) is 15.3 Å². The lowest BCUT2D eigenvalue weighted by Gasteiger charge is -2.16. The van der Waals surface area contributed by atoms with Gasteiger partial charge in [-0.3, -0.25) is 4.79 Å². The molecular weight excluding hydrogens is 310 g/mol. The lowest BCUT2D eigenvalue weighted by Crippen LogP contribution is -2.47. The van der Waals surface area contributed by atoms with E-state index < -0.39 is 24.0 Å². The minimum Gasteiger partial charge on any atom is -0.480 e. The summed E-state index contributed by atoms with van der Waals surface area (Å²) in [5.41, 5.74) is 2.51. The molecule has 7 nitrogen and oxygen atoms in total. The van der Waals surface area contributed by atoms with E-state index in [0.717, 1.165) is 21.8 Å². The van der Waals surface area contributed by atoms with Crippen LogP contribution in [0.5, 0.6) is 0 Å². The fourth-order valence-corrected chi connectivity index (χ4v) is 2.72. The van der Waals surface area contributed by atoms with Gasteiger partial charge in [0.15, 0.2) is 6.04 Å². The van der Waals surface area contributed by atoms with Gasteiger partial charge in [-0.15, -0.1) is 0 Å². The fourth-order valence-electron chi connectivity index (χ4n) is 2.72. The van der Waals surface area contributed by atoms with E-state index in [4.69, 9.17) is 5.11 Å². The number of amides is 1. The lowest BCUT2D eigenvalue weighted by atomic mass is 10.1. The van der Waals surface area contributed by atoms with Crippen LogP contribution in [-0.2, 0) is 4.79 Å². The second kappa shape index (κ2) is 5.93. The van der Waals surface area contributed by atoms with Crippen LogP contribution in [-0.4, -0.2) is 44.2 Å². The molecule has 124 valence electrons. The first-order valence-electron chi connectivity index (χ1n) is 7.48. The van der Waals surface area contributed by atoms with Gasteiger partial charge in [0, 0.05) is 16.3 Å². The van der Waals surface area contributed by atoms with Gasteiger partial charge in [-0.25, -0.2) is 9.78 Å². The highest BCUT2D eigenvalue weighted by Crippen LogP contribution is 2.27. The molecule has 3 rings (SSSR count). The minimum atomic E-state index is -1.39. The van der Waals surface area contributed by atoms with Crippen molar-refractivity contribution in [3.63, 3.8) is 0 Å². The normalized spacial score (nSPS) is 13.8. The molecule has 1 amide bonds. The molecule has 3 aromatic rings. The number of hydrogen-bond donors (Lipinski definition) is 4. The van der Waals surface area contributed by atoms with Crippen molar-refractivity contribution in [1.82, 2.24) is 15.3 Å². The molecule has 0 aliphatic rings. The van der Waals surface area contributed by atoms with Gasteiger partial charge < -0.3 is 20.5 Å². The Morgan fingerprint density at radius 2 is 1.96 bits per heavy atom. The number of carbonyl (C=O) groups excluding carboxylic acids is 1. The quantitative estimate of drug-likeness (QED) is 0.581. The van der Waals surface area contributed by atoms with Gasteiger partial charge in [-0.1, -0.05) is 18.2 Å². The van der Waals surface area contributed by atoms with Crippen molar-refractivity contribution >= 4 is 33.7 Å². The summed E-state index contributed by atoms with van der Waals surface area (Å²) in [6, 6.07) is 7.91. The van der Waals surface area contributed by atoms with Crippen LogP contribution in [0.2, 0.25) is 0 Å². The largest absolute Gasteiger partial charge is 0.480 e. The Labute approximate surface area is 137 Å². The number of rotatable bonds is 4. The fraction of sp³-hybridized carbons (Fsp3) is 0.235.